The average molecular weight is 456 g/mol. The van der Waals surface area contributed by atoms with E-state index in [1.807, 2.05) is 0 Å². The Morgan fingerprint density at radius 2 is 1.00 bits per heavy atom. The first-order chi connectivity index (χ1) is 0. The second-order valence-corrected chi connectivity index (χ2v) is 0. The van der Waals surface area contributed by atoms with Crippen molar-refractivity contribution in [3.05, 3.63) is 0 Å². The Kier molecular flexibility index (Phi) is 184. The standard InChI is InChI=1S/Ce.FH.La.O.Pr/h;1H;;;/q+3;;+3;-2;+3. The zero-order valence-electron chi connectivity index (χ0n) is 2.47. The third-order valence-corrected chi connectivity index (χ3v) is 0. The van der Waals surface area contributed by atoms with Gasteiger partial charge in [-0.3, -0.25) is 4.70 Å². The molecule has 0 aliphatic rings. The minimum Gasteiger partial charge on any atom is -2.00 e. The van der Waals surface area contributed by atoms with Crippen molar-refractivity contribution in [2.45, 2.75) is 0 Å². The molecule has 0 heterocycles. The van der Waals surface area contributed by atoms with E-state index in [9.17, 15) is 0 Å². The fraction of sp³-hybridized carbons (Fsp3) is 0. The molecule has 0 saturated heterocycles. The predicted molar refractivity (Wildman–Crippen MR) is 3.19 cm³/mol. The van der Waals surface area contributed by atoms with Crippen LogP contribution in [0.15, 0.2) is 0 Å². The molecule has 0 aromatic carbocycles. The molecule has 0 N–H and O–H groups in total. The van der Waals surface area contributed by atoms with Crippen molar-refractivity contribution < 1.29 is 129 Å². The van der Waals surface area contributed by atoms with Gasteiger partial charge in [0.1, 0.15) is 0 Å². The van der Waals surface area contributed by atoms with Gasteiger partial charge in [0, 0.05) is 0 Å². The van der Waals surface area contributed by atoms with Gasteiger partial charge < -0.3 is 5.48 Å². The van der Waals surface area contributed by atoms with Gasteiger partial charge in [-0.1, -0.05) is 0 Å². The molecule has 0 rings (SSSR count). The fourth-order valence-electron chi connectivity index (χ4n) is 0. The van der Waals surface area contributed by atoms with Gasteiger partial charge in [-0.15, -0.1) is 0 Å². The van der Waals surface area contributed by atoms with E-state index in [0.29, 0.717) is 0 Å². The van der Waals surface area contributed by atoms with Crippen LogP contribution in [-0.2, 0) is 5.48 Å². The molecule has 5 heteroatoms. The third-order valence-electron chi connectivity index (χ3n) is 0. The summed E-state index contributed by atoms with van der Waals surface area (Å²) in [5.41, 5.74) is 0. The maximum atomic E-state index is 0. The first-order valence-corrected chi connectivity index (χ1v) is 0. The number of halogens is 1. The summed E-state index contributed by atoms with van der Waals surface area (Å²) in [6.07, 6.45) is 0. The van der Waals surface area contributed by atoms with Crippen molar-refractivity contribution in [2.75, 3.05) is 0 Å². The summed E-state index contributed by atoms with van der Waals surface area (Å²) in [7, 11) is 0. The molecule has 1 radical (unpaired) electrons. The molecule has 0 fully saturated rings. The zero-order chi connectivity index (χ0) is 0. The van der Waals surface area contributed by atoms with E-state index < -0.39 is 0 Å². The maximum absolute atomic E-state index is 0. The SMILES string of the molecule is F.[Ce+3].[La+3].[O-2].[Pr+3]. The molecule has 0 bridgehead atoms. The van der Waals surface area contributed by atoms with Crippen molar-refractivity contribution in [1.82, 2.24) is 0 Å². The smallest absolute Gasteiger partial charge is 2.00 e. The second-order valence-electron chi connectivity index (χ2n) is 0. The van der Waals surface area contributed by atoms with Crippen LogP contribution in [0.2, 0.25) is 0 Å². The van der Waals surface area contributed by atoms with Crippen molar-refractivity contribution >= 4 is 0 Å². The van der Waals surface area contributed by atoms with Crippen molar-refractivity contribution in [1.29, 1.82) is 0 Å². The second kappa shape index (κ2) is 24.9. The van der Waals surface area contributed by atoms with Gasteiger partial charge in [-0.05, 0) is 0 Å². The molecule has 17 valence electrons. The van der Waals surface area contributed by atoms with Gasteiger partial charge in [-0.2, -0.15) is 0 Å². The van der Waals surface area contributed by atoms with Gasteiger partial charge in [-0.25, -0.2) is 0 Å². The summed E-state index contributed by atoms with van der Waals surface area (Å²) in [4.78, 5) is 0. The Morgan fingerprint density at radius 1 is 1.00 bits per heavy atom. The van der Waals surface area contributed by atoms with Crippen LogP contribution in [-0.4, -0.2) is 0 Å². The van der Waals surface area contributed by atoms with Gasteiger partial charge >= 0.3 is 119 Å². The molecule has 5 heavy (non-hydrogen) atoms. The molecule has 0 unspecified atom stereocenters. The van der Waals surface area contributed by atoms with E-state index in [1.54, 1.807) is 0 Å². The Bertz CT molecular complexity index is 11.6. The normalized spacial score (nSPS) is 0. The van der Waals surface area contributed by atoms with E-state index in [4.69, 9.17) is 0 Å². The summed E-state index contributed by atoms with van der Waals surface area (Å²) in [5, 5.41) is 0. The third kappa shape index (κ3) is 18.1. The summed E-state index contributed by atoms with van der Waals surface area (Å²) < 4.78 is 0. The first kappa shape index (κ1) is 36.9. The van der Waals surface area contributed by atoms with Crippen molar-refractivity contribution in [2.24, 2.45) is 0 Å². The van der Waals surface area contributed by atoms with Crippen LogP contribution in [0.3, 0.4) is 0 Å². The molecule has 1 nitrogen and oxygen atoms in total. The van der Waals surface area contributed by atoms with Crippen LogP contribution in [0, 0.1) is 119 Å². The Labute approximate surface area is 125 Å². The van der Waals surface area contributed by atoms with E-state index in [2.05, 4.69) is 0 Å². The van der Waals surface area contributed by atoms with Crippen LogP contribution in [0.1, 0.15) is 0 Å². The quantitative estimate of drug-likeness (QED) is 0.493. The molecule has 0 aromatic heterocycles. The van der Waals surface area contributed by atoms with Gasteiger partial charge in [0.05, 0.1) is 0 Å². The van der Waals surface area contributed by atoms with Gasteiger partial charge in [0.15, 0.2) is 0 Å². The topological polar surface area (TPSA) is 28.5 Å². The average Bonchev–Trinajstić information content (AvgIpc) is 0. The molecule has 0 spiro atoms. The summed E-state index contributed by atoms with van der Waals surface area (Å²) in [6.45, 7) is 0. The fourth-order valence-corrected chi connectivity index (χ4v) is 0. The first-order valence-electron chi connectivity index (χ1n) is 0. The number of hydrogen-bond donors (Lipinski definition) is 0. The van der Waals surface area contributed by atoms with E-state index in [0.717, 1.165) is 0 Å². The largest absolute Gasteiger partial charge is 3.00 e. The molecular weight excluding hydrogens is 455 g/mol. The Hall–Kier alpha value is 3.83. The maximum Gasteiger partial charge on any atom is 3.00 e. The summed E-state index contributed by atoms with van der Waals surface area (Å²) in [6, 6.07) is 0. The monoisotopic (exact) mass is 456 g/mol. The van der Waals surface area contributed by atoms with Crippen LogP contribution in [0.25, 0.3) is 0 Å². The Morgan fingerprint density at radius 3 is 1.00 bits per heavy atom. The van der Waals surface area contributed by atoms with Gasteiger partial charge in [0.2, 0.25) is 0 Å². The molecule has 0 saturated carbocycles. The van der Waals surface area contributed by atoms with Gasteiger partial charge in [0.25, 0.3) is 0 Å². The molecule has 0 aromatic rings. The van der Waals surface area contributed by atoms with Crippen LogP contribution < -0.4 is 0 Å². The van der Waals surface area contributed by atoms with E-state index in [-0.39, 0.29) is 129 Å². The summed E-state index contributed by atoms with van der Waals surface area (Å²) >= 11 is 0. The number of rotatable bonds is 0. The zero-order valence-corrected chi connectivity index (χ0v) is 12.9. The predicted octanol–water partition coefficient (Wildman–Crippen LogP) is 0.0337. The Balaban J connectivity index is 0. The van der Waals surface area contributed by atoms with Crippen molar-refractivity contribution in [3.63, 3.8) is 0 Å². The van der Waals surface area contributed by atoms with Crippen LogP contribution in [0.4, 0.5) is 4.70 Å². The summed E-state index contributed by atoms with van der Waals surface area (Å²) in [5.74, 6) is 0. The van der Waals surface area contributed by atoms with E-state index in [1.165, 1.54) is 0 Å². The van der Waals surface area contributed by atoms with Crippen LogP contribution >= 0.6 is 0 Å². The molecule has 0 amide bonds. The minimum absolute atomic E-state index is 0. The van der Waals surface area contributed by atoms with E-state index >= 15 is 0 Å². The molecule has 0 aliphatic carbocycles. The number of hydrogen-bond acceptors (Lipinski definition) is 0. The molecule has 0 atom stereocenters. The molecule has 0 aliphatic heterocycles. The van der Waals surface area contributed by atoms with Crippen molar-refractivity contribution in [3.8, 4) is 0 Å². The molecular formula is HCeFLaOPr+7. The van der Waals surface area contributed by atoms with Crippen LogP contribution in [0.5, 0.6) is 0 Å². The minimum atomic E-state index is 0.